The number of hydrogen-bond donors (Lipinski definition) is 1. The molecule has 0 saturated carbocycles. The van der Waals surface area contributed by atoms with E-state index in [1.807, 2.05) is 0 Å². The van der Waals surface area contributed by atoms with Gasteiger partial charge in [0.25, 0.3) is 0 Å². The zero-order valence-electron chi connectivity index (χ0n) is 10.0. The van der Waals surface area contributed by atoms with Crippen LogP contribution in [0.1, 0.15) is 30.1 Å². The molecule has 0 aromatic carbocycles. The lowest BCUT2D eigenvalue weighted by atomic mass is 10.3. The minimum Gasteiger partial charge on any atom is -0.462 e. The summed E-state index contributed by atoms with van der Waals surface area (Å²) in [7, 11) is 0. The van der Waals surface area contributed by atoms with Gasteiger partial charge in [-0.3, -0.25) is 0 Å². The van der Waals surface area contributed by atoms with E-state index in [0.717, 1.165) is 12.2 Å². The van der Waals surface area contributed by atoms with Gasteiger partial charge in [0.05, 0.1) is 12.7 Å². The molecule has 0 atom stereocenters. The Morgan fingerprint density at radius 1 is 1.67 bits per heavy atom. The van der Waals surface area contributed by atoms with Gasteiger partial charge in [-0.2, -0.15) is 5.26 Å². The van der Waals surface area contributed by atoms with E-state index in [-0.39, 0.29) is 18.0 Å². The fourth-order valence-corrected chi connectivity index (χ4v) is 1.89. The Hall–Kier alpha value is -1.81. The molecule has 0 bridgehead atoms. The number of aromatic nitrogens is 2. The maximum atomic E-state index is 11.5. The van der Waals surface area contributed by atoms with E-state index in [2.05, 4.69) is 16.0 Å². The number of anilines is 1. The predicted molar refractivity (Wildman–Crippen MR) is 68.0 cm³/mol. The first kappa shape index (κ1) is 14.3. The molecule has 1 aromatic rings. The summed E-state index contributed by atoms with van der Waals surface area (Å²) in [6.07, 6.45) is 2.64. The third-order valence-electron chi connectivity index (χ3n) is 1.96. The summed E-state index contributed by atoms with van der Waals surface area (Å²) in [5.74, 6) is 0.341. The van der Waals surface area contributed by atoms with Crippen LogP contribution < -0.4 is 5.73 Å². The molecule has 0 radical (unpaired) electrons. The van der Waals surface area contributed by atoms with Crippen LogP contribution in [0.4, 0.5) is 5.82 Å². The molecule has 0 aliphatic rings. The van der Waals surface area contributed by atoms with Gasteiger partial charge >= 0.3 is 5.97 Å². The molecule has 0 aliphatic carbocycles. The molecule has 1 rings (SSSR count). The van der Waals surface area contributed by atoms with Crippen molar-refractivity contribution in [1.29, 1.82) is 5.26 Å². The van der Waals surface area contributed by atoms with E-state index in [9.17, 15) is 4.79 Å². The van der Waals surface area contributed by atoms with Crippen LogP contribution in [0.2, 0.25) is 0 Å². The number of carbonyl (C=O) groups is 1. The van der Waals surface area contributed by atoms with Gasteiger partial charge in [0.2, 0.25) is 0 Å². The van der Waals surface area contributed by atoms with Crippen LogP contribution in [0.15, 0.2) is 11.4 Å². The number of nitrogen functional groups attached to an aromatic ring is 1. The molecule has 0 saturated heterocycles. The first-order chi connectivity index (χ1) is 8.69. The second-order valence-corrected chi connectivity index (χ2v) is 4.34. The van der Waals surface area contributed by atoms with E-state index >= 15 is 0 Å². The Labute approximate surface area is 110 Å². The molecule has 0 unspecified atom stereocenters. The molecular weight excluding hydrogens is 252 g/mol. The molecule has 0 spiro atoms. The van der Waals surface area contributed by atoms with Crippen LogP contribution in [0.5, 0.6) is 0 Å². The average Bonchev–Trinajstić information content (AvgIpc) is 2.35. The van der Waals surface area contributed by atoms with Gasteiger partial charge in [0, 0.05) is 18.4 Å². The zero-order valence-corrected chi connectivity index (χ0v) is 10.9. The van der Waals surface area contributed by atoms with E-state index in [0.29, 0.717) is 11.6 Å². The van der Waals surface area contributed by atoms with Crippen molar-refractivity contribution < 1.29 is 9.53 Å². The van der Waals surface area contributed by atoms with Crippen molar-refractivity contribution in [1.82, 2.24) is 9.97 Å². The van der Waals surface area contributed by atoms with E-state index in [1.165, 1.54) is 18.0 Å². The Bertz CT molecular complexity index is 459. The van der Waals surface area contributed by atoms with Gasteiger partial charge in [0.1, 0.15) is 11.4 Å². The predicted octanol–water partition coefficient (Wildman–Crippen LogP) is 1.63. The second kappa shape index (κ2) is 7.50. The van der Waals surface area contributed by atoms with Gasteiger partial charge in [-0.15, -0.1) is 0 Å². The fraction of sp³-hybridized carbons (Fsp3) is 0.455. The highest BCUT2D eigenvalue weighted by Gasteiger charge is 2.13. The highest BCUT2D eigenvalue weighted by Crippen LogP contribution is 2.18. The number of nitriles is 1. The molecular formula is C11H14N4O2S. The third-order valence-corrected chi connectivity index (χ3v) is 2.90. The van der Waals surface area contributed by atoms with Crippen LogP contribution in [0.25, 0.3) is 0 Å². The van der Waals surface area contributed by atoms with Gasteiger partial charge in [-0.1, -0.05) is 11.8 Å². The summed E-state index contributed by atoms with van der Waals surface area (Å²) in [6, 6.07) is 2.06. The van der Waals surface area contributed by atoms with E-state index in [1.54, 1.807) is 6.92 Å². The number of unbranched alkanes of at least 4 members (excludes halogenated alkanes) is 1. The van der Waals surface area contributed by atoms with Crippen molar-refractivity contribution in [2.45, 2.75) is 24.9 Å². The van der Waals surface area contributed by atoms with Crippen LogP contribution in [0, 0.1) is 11.3 Å². The summed E-state index contributed by atoms with van der Waals surface area (Å²) >= 11 is 1.40. The fourth-order valence-electron chi connectivity index (χ4n) is 1.13. The van der Waals surface area contributed by atoms with Crippen molar-refractivity contribution in [3.8, 4) is 6.07 Å². The quantitative estimate of drug-likeness (QED) is 0.361. The van der Waals surface area contributed by atoms with Crippen molar-refractivity contribution >= 4 is 23.5 Å². The molecule has 96 valence electrons. The third kappa shape index (κ3) is 4.22. The SMILES string of the molecule is CCOC(=O)c1cnc(SCCCC#N)nc1N. The Kier molecular flexibility index (Phi) is 5.94. The number of carbonyl (C=O) groups excluding carboxylic acids is 1. The zero-order chi connectivity index (χ0) is 13.4. The van der Waals surface area contributed by atoms with Gasteiger partial charge in [-0.05, 0) is 13.3 Å². The molecule has 18 heavy (non-hydrogen) atoms. The minimum absolute atomic E-state index is 0.117. The normalized spacial score (nSPS) is 9.78. The highest BCUT2D eigenvalue weighted by atomic mass is 32.2. The monoisotopic (exact) mass is 266 g/mol. The second-order valence-electron chi connectivity index (χ2n) is 3.28. The molecule has 1 heterocycles. The highest BCUT2D eigenvalue weighted by molar-refractivity contribution is 7.99. The lowest BCUT2D eigenvalue weighted by molar-refractivity contribution is 0.0526. The lowest BCUT2D eigenvalue weighted by Crippen LogP contribution is -2.10. The number of nitrogens with zero attached hydrogens (tertiary/aromatic N) is 3. The first-order valence-corrected chi connectivity index (χ1v) is 6.47. The summed E-state index contributed by atoms with van der Waals surface area (Å²) < 4.78 is 4.82. The number of nitrogens with two attached hydrogens (primary N) is 1. The van der Waals surface area contributed by atoms with Crippen molar-refractivity contribution in [2.24, 2.45) is 0 Å². The van der Waals surface area contributed by atoms with Crippen LogP contribution >= 0.6 is 11.8 Å². The molecule has 0 amide bonds. The number of hydrogen-bond acceptors (Lipinski definition) is 7. The van der Waals surface area contributed by atoms with Crippen LogP contribution in [-0.2, 0) is 4.74 Å². The van der Waals surface area contributed by atoms with E-state index in [4.69, 9.17) is 15.7 Å². The van der Waals surface area contributed by atoms with Crippen molar-refractivity contribution in [2.75, 3.05) is 18.1 Å². The Morgan fingerprint density at radius 3 is 3.06 bits per heavy atom. The summed E-state index contributed by atoms with van der Waals surface area (Å²) in [6.45, 7) is 2.00. The van der Waals surface area contributed by atoms with Gasteiger partial charge in [0.15, 0.2) is 5.16 Å². The number of ether oxygens (including phenoxy) is 1. The Morgan fingerprint density at radius 2 is 2.44 bits per heavy atom. The summed E-state index contributed by atoms with van der Waals surface area (Å²) in [4.78, 5) is 19.5. The average molecular weight is 266 g/mol. The van der Waals surface area contributed by atoms with Crippen LogP contribution in [0.3, 0.4) is 0 Å². The van der Waals surface area contributed by atoms with E-state index < -0.39 is 5.97 Å². The van der Waals surface area contributed by atoms with Crippen LogP contribution in [-0.4, -0.2) is 28.3 Å². The van der Waals surface area contributed by atoms with Crippen molar-refractivity contribution in [3.05, 3.63) is 11.8 Å². The standard InChI is InChI=1S/C11H14N4O2S/c1-2-17-10(16)8-7-14-11(15-9(8)13)18-6-4-3-5-12/h7H,2-4,6H2,1H3,(H2,13,14,15). The first-order valence-electron chi connectivity index (χ1n) is 5.48. The molecule has 7 heteroatoms. The van der Waals surface area contributed by atoms with Gasteiger partial charge < -0.3 is 10.5 Å². The Balaban J connectivity index is 2.62. The summed E-state index contributed by atoms with van der Waals surface area (Å²) in [5.41, 5.74) is 5.84. The molecule has 6 nitrogen and oxygen atoms in total. The lowest BCUT2D eigenvalue weighted by Gasteiger charge is -2.05. The maximum Gasteiger partial charge on any atom is 0.343 e. The topological polar surface area (TPSA) is 102 Å². The molecule has 0 fully saturated rings. The molecule has 2 N–H and O–H groups in total. The largest absolute Gasteiger partial charge is 0.462 e. The molecule has 0 aliphatic heterocycles. The maximum absolute atomic E-state index is 11.5. The van der Waals surface area contributed by atoms with Gasteiger partial charge in [-0.25, -0.2) is 14.8 Å². The minimum atomic E-state index is -0.518. The number of esters is 1. The molecule has 1 aromatic heterocycles. The number of rotatable bonds is 6. The number of thioether (sulfide) groups is 1. The summed E-state index contributed by atoms with van der Waals surface area (Å²) in [5, 5.41) is 8.89. The van der Waals surface area contributed by atoms with Crippen molar-refractivity contribution in [3.63, 3.8) is 0 Å². The smallest absolute Gasteiger partial charge is 0.343 e.